The summed E-state index contributed by atoms with van der Waals surface area (Å²) in [6.45, 7) is 0.110. The van der Waals surface area contributed by atoms with E-state index in [0.29, 0.717) is 18.4 Å². The van der Waals surface area contributed by atoms with Gasteiger partial charge in [-0.3, -0.25) is 4.79 Å². The largest absolute Gasteiger partial charge is 0.512 e. The summed E-state index contributed by atoms with van der Waals surface area (Å²) in [6.07, 6.45) is 8.96. The van der Waals surface area contributed by atoms with Crippen molar-refractivity contribution in [2.45, 2.75) is 63.4 Å². The van der Waals surface area contributed by atoms with Crippen molar-refractivity contribution in [2.24, 2.45) is 17.8 Å². The van der Waals surface area contributed by atoms with Crippen LogP contribution < -0.4 is 0 Å². The van der Waals surface area contributed by atoms with Crippen molar-refractivity contribution < 1.29 is 15.0 Å². The number of fused-ring (bicyclic) bond motifs is 1. The third-order valence-corrected chi connectivity index (χ3v) is 9.51. The number of Topliss-reactive ketones (excluding diaryl/α,β-unsaturated/α-hetero) is 1. The predicted molar refractivity (Wildman–Crippen MR) is 139 cm³/mol. The van der Waals surface area contributed by atoms with Gasteiger partial charge in [0.25, 0.3) is 0 Å². The van der Waals surface area contributed by atoms with Crippen LogP contribution in [-0.4, -0.2) is 16.0 Å². The normalized spacial score (nSPS) is 29.5. The maximum absolute atomic E-state index is 12.2. The molecule has 0 amide bonds. The molecular formula is C32H32O3. The summed E-state index contributed by atoms with van der Waals surface area (Å²) in [5.41, 5.74) is 6.44. The number of aliphatic hydroxyl groups excluding tert-OH is 2. The van der Waals surface area contributed by atoms with Crippen molar-refractivity contribution in [1.82, 2.24) is 0 Å². The van der Waals surface area contributed by atoms with Gasteiger partial charge >= 0.3 is 0 Å². The zero-order valence-electron chi connectivity index (χ0n) is 20.1. The van der Waals surface area contributed by atoms with Crippen LogP contribution in [0.3, 0.4) is 0 Å². The standard InChI is InChI=1S/C32H32O3/c33-18-27-6-4-25(14-28(27)32-15-19-9-20(16-32)11-21(10-19)17-32)23-1-2-24-13-26(5-3-22(24)12-23)31-29(34)7-8-30(31)35/h1-6,12-14,19-21,33-34H,7-11,15-18H2. The Hall–Kier alpha value is -2.91. The maximum Gasteiger partial charge on any atom is 0.167 e. The number of carbonyl (C=O) groups is 1. The van der Waals surface area contributed by atoms with E-state index in [0.717, 1.165) is 39.7 Å². The molecule has 2 N–H and O–H groups in total. The van der Waals surface area contributed by atoms with Crippen LogP contribution >= 0.6 is 0 Å². The lowest BCUT2D eigenvalue weighted by molar-refractivity contribution is -0.113. The number of carbonyl (C=O) groups excluding carboxylic acids is 1. The van der Waals surface area contributed by atoms with Crippen molar-refractivity contribution in [2.75, 3.05) is 0 Å². The molecule has 0 saturated heterocycles. The Morgan fingerprint density at radius 2 is 1.31 bits per heavy atom. The van der Waals surface area contributed by atoms with E-state index in [-0.39, 0.29) is 23.6 Å². The fourth-order valence-electron chi connectivity index (χ4n) is 8.38. The van der Waals surface area contributed by atoms with Crippen LogP contribution in [0.2, 0.25) is 0 Å². The van der Waals surface area contributed by atoms with Gasteiger partial charge in [-0.2, -0.15) is 0 Å². The van der Waals surface area contributed by atoms with Gasteiger partial charge in [0.05, 0.1) is 12.2 Å². The number of benzene rings is 3. The minimum absolute atomic E-state index is 0.0275. The van der Waals surface area contributed by atoms with E-state index >= 15 is 0 Å². The lowest BCUT2D eigenvalue weighted by Crippen LogP contribution is -2.49. The van der Waals surface area contributed by atoms with E-state index in [1.807, 2.05) is 12.1 Å². The summed E-state index contributed by atoms with van der Waals surface area (Å²) in [5.74, 6) is 2.85. The van der Waals surface area contributed by atoms with Crippen LogP contribution in [0.1, 0.15) is 68.1 Å². The molecule has 0 aliphatic heterocycles. The van der Waals surface area contributed by atoms with E-state index in [1.54, 1.807) is 0 Å². The van der Waals surface area contributed by atoms with Crippen molar-refractivity contribution in [1.29, 1.82) is 0 Å². The van der Waals surface area contributed by atoms with Gasteiger partial charge in [0.1, 0.15) is 5.76 Å². The first-order valence-electron chi connectivity index (χ1n) is 13.3. The highest BCUT2D eigenvalue weighted by Crippen LogP contribution is 2.61. The molecular weight excluding hydrogens is 432 g/mol. The Morgan fingerprint density at radius 1 is 0.743 bits per heavy atom. The lowest BCUT2D eigenvalue weighted by atomic mass is 9.47. The summed E-state index contributed by atoms with van der Waals surface area (Å²) in [7, 11) is 0. The third kappa shape index (κ3) is 3.39. The molecule has 0 aromatic heterocycles. The summed E-state index contributed by atoms with van der Waals surface area (Å²) in [4.78, 5) is 12.2. The van der Waals surface area contributed by atoms with Crippen LogP contribution in [0.4, 0.5) is 0 Å². The Morgan fingerprint density at radius 3 is 1.91 bits per heavy atom. The molecule has 0 spiro atoms. The fourth-order valence-corrected chi connectivity index (χ4v) is 8.38. The van der Waals surface area contributed by atoms with Crippen LogP contribution in [0.15, 0.2) is 60.4 Å². The second-order valence-electron chi connectivity index (χ2n) is 11.7. The average Bonchev–Trinajstić information content (AvgIpc) is 3.20. The predicted octanol–water partition coefficient (Wildman–Crippen LogP) is 7.10. The first-order chi connectivity index (χ1) is 17.0. The SMILES string of the molecule is O=C1CCC(O)=C1c1ccc2cc(-c3ccc(CO)c(C45CC6CC(CC(C6)C4)C5)c3)ccc2c1. The molecule has 178 valence electrons. The molecule has 4 saturated carbocycles. The summed E-state index contributed by atoms with van der Waals surface area (Å²) in [6, 6.07) is 19.2. The average molecular weight is 465 g/mol. The number of ketones is 1. The van der Waals surface area contributed by atoms with Gasteiger partial charge in [-0.15, -0.1) is 0 Å². The third-order valence-electron chi connectivity index (χ3n) is 9.51. The van der Waals surface area contributed by atoms with Gasteiger partial charge < -0.3 is 10.2 Å². The van der Waals surface area contributed by atoms with Gasteiger partial charge in [-0.05, 0) is 112 Å². The molecule has 5 aliphatic rings. The molecule has 3 aromatic carbocycles. The molecule has 4 fully saturated rings. The van der Waals surface area contributed by atoms with Crippen LogP contribution in [0.5, 0.6) is 0 Å². The van der Waals surface area contributed by atoms with Crippen LogP contribution in [-0.2, 0) is 16.8 Å². The van der Waals surface area contributed by atoms with Crippen LogP contribution in [0, 0.1) is 17.8 Å². The monoisotopic (exact) mass is 464 g/mol. The Balaban J connectivity index is 1.27. The molecule has 0 unspecified atom stereocenters. The van der Waals surface area contributed by atoms with E-state index in [9.17, 15) is 15.0 Å². The molecule has 0 atom stereocenters. The van der Waals surface area contributed by atoms with Crippen molar-refractivity contribution in [3.63, 3.8) is 0 Å². The zero-order chi connectivity index (χ0) is 23.7. The zero-order valence-corrected chi connectivity index (χ0v) is 20.1. The summed E-state index contributed by atoms with van der Waals surface area (Å²) in [5, 5.41) is 22.6. The molecule has 8 rings (SSSR count). The topological polar surface area (TPSA) is 57.5 Å². The smallest absolute Gasteiger partial charge is 0.167 e. The number of hydrogen-bond donors (Lipinski definition) is 2. The fraction of sp³-hybridized carbons (Fsp3) is 0.406. The number of hydrogen-bond acceptors (Lipinski definition) is 3. The lowest BCUT2D eigenvalue weighted by Gasteiger charge is -2.57. The summed E-state index contributed by atoms with van der Waals surface area (Å²) < 4.78 is 0. The maximum atomic E-state index is 12.2. The van der Waals surface area contributed by atoms with Gasteiger partial charge in [-0.1, -0.05) is 42.5 Å². The van der Waals surface area contributed by atoms with Crippen molar-refractivity contribution in [3.05, 3.63) is 77.0 Å². The molecule has 3 aromatic rings. The highest BCUT2D eigenvalue weighted by Gasteiger charge is 2.52. The van der Waals surface area contributed by atoms with E-state index in [1.165, 1.54) is 55.2 Å². The van der Waals surface area contributed by atoms with Crippen molar-refractivity contribution >= 4 is 22.1 Å². The Bertz CT molecular complexity index is 1360. The molecule has 3 heteroatoms. The van der Waals surface area contributed by atoms with E-state index in [2.05, 4.69) is 42.5 Å². The molecule has 3 nitrogen and oxygen atoms in total. The number of allylic oxidation sites excluding steroid dienone is 2. The highest BCUT2D eigenvalue weighted by atomic mass is 16.3. The molecule has 0 radical (unpaired) electrons. The molecule has 5 aliphatic carbocycles. The van der Waals surface area contributed by atoms with Crippen LogP contribution in [0.25, 0.3) is 27.5 Å². The molecule has 35 heavy (non-hydrogen) atoms. The van der Waals surface area contributed by atoms with Gasteiger partial charge in [-0.25, -0.2) is 0 Å². The van der Waals surface area contributed by atoms with Gasteiger partial charge in [0, 0.05) is 12.8 Å². The second-order valence-corrected chi connectivity index (χ2v) is 11.7. The number of aliphatic hydroxyl groups is 2. The first kappa shape index (κ1) is 21.4. The Labute approximate surface area is 206 Å². The van der Waals surface area contributed by atoms with Gasteiger partial charge in [0.2, 0.25) is 0 Å². The minimum Gasteiger partial charge on any atom is -0.512 e. The number of rotatable bonds is 4. The Kier molecular flexibility index (Phi) is 4.76. The van der Waals surface area contributed by atoms with Crippen molar-refractivity contribution in [3.8, 4) is 11.1 Å². The quantitative estimate of drug-likeness (QED) is 0.433. The molecule has 4 bridgehead atoms. The first-order valence-corrected chi connectivity index (χ1v) is 13.3. The second kappa shape index (κ2) is 7.80. The summed E-state index contributed by atoms with van der Waals surface area (Å²) >= 11 is 0. The molecule has 0 heterocycles. The van der Waals surface area contributed by atoms with E-state index in [4.69, 9.17) is 0 Å². The minimum atomic E-state index is 0.0275. The highest BCUT2D eigenvalue weighted by molar-refractivity contribution is 6.23. The van der Waals surface area contributed by atoms with Gasteiger partial charge in [0.15, 0.2) is 5.78 Å². The van der Waals surface area contributed by atoms with E-state index < -0.39 is 0 Å².